The molecule has 0 N–H and O–H groups in total. The maximum absolute atomic E-state index is 4.38. The number of thiophene rings is 1. The van der Waals surface area contributed by atoms with Gasteiger partial charge in [0.25, 0.3) is 0 Å². The van der Waals surface area contributed by atoms with Crippen LogP contribution in [-0.4, -0.2) is 0 Å². The molecule has 0 nitrogen and oxygen atoms in total. The van der Waals surface area contributed by atoms with Gasteiger partial charge in [0.15, 0.2) is 0 Å². The van der Waals surface area contributed by atoms with Gasteiger partial charge in [0.1, 0.15) is 0 Å². The van der Waals surface area contributed by atoms with E-state index in [0.717, 1.165) is 9.37 Å². The summed E-state index contributed by atoms with van der Waals surface area (Å²) in [7, 11) is 0. The molecule has 0 bridgehead atoms. The summed E-state index contributed by atoms with van der Waals surface area (Å²) in [5.74, 6) is 0. The first-order valence-electron chi connectivity index (χ1n) is 4.55. The molecule has 3 heteroatoms. The highest BCUT2D eigenvalue weighted by molar-refractivity contribution is 9.10. The van der Waals surface area contributed by atoms with Crippen LogP contribution >= 0.6 is 39.9 Å². The lowest BCUT2D eigenvalue weighted by Gasteiger charge is -1.94. The lowest BCUT2D eigenvalue weighted by atomic mass is 10.1. The predicted octanol–water partition coefficient (Wildman–Crippen LogP) is 5.11. The molecule has 0 fully saturated rings. The molecule has 0 aliphatic heterocycles. The summed E-state index contributed by atoms with van der Waals surface area (Å²) in [6.45, 7) is 0. The molecule has 1 heterocycles. The van der Waals surface area contributed by atoms with Gasteiger partial charge in [-0.1, -0.05) is 15.9 Å². The first-order chi connectivity index (χ1) is 7.24. The van der Waals surface area contributed by atoms with Gasteiger partial charge in [-0.05, 0) is 36.4 Å². The molecule has 0 atom stereocenters. The molecule has 0 amide bonds. The Morgan fingerprint density at radius 1 is 0.933 bits per heavy atom. The Hall–Kier alpha value is -0.510. The third kappa shape index (κ3) is 1.59. The van der Waals surface area contributed by atoms with Gasteiger partial charge in [0.05, 0.1) is 0 Å². The predicted molar refractivity (Wildman–Crippen MR) is 74.3 cm³/mol. The van der Waals surface area contributed by atoms with Crippen LogP contribution in [0.3, 0.4) is 0 Å². The second-order valence-electron chi connectivity index (χ2n) is 3.42. The van der Waals surface area contributed by atoms with Crippen LogP contribution < -0.4 is 0 Å². The van der Waals surface area contributed by atoms with E-state index >= 15 is 0 Å². The van der Waals surface area contributed by atoms with Crippen LogP contribution in [0.1, 0.15) is 0 Å². The Bertz CT molecular complexity index is 599. The van der Waals surface area contributed by atoms with Crippen LogP contribution in [0.5, 0.6) is 0 Å². The molecule has 1 aromatic heterocycles. The zero-order valence-corrected chi connectivity index (χ0v) is 11.0. The van der Waals surface area contributed by atoms with Gasteiger partial charge in [-0.25, -0.2) is 0 Å². The third-order valence-electron chi connectivity index (χ3n) is 2.41. The van der Waals surface area contributed by atoms with Gasteiger partial charge in [-0.2, -0.15) is 0 Å². The fourth-order valence-corrected chi connectivity index (χ4v) is 3.37. The summed E-state index contributed by atoms with van der Waals surface area (Å²) in [4.78, 5) is 1.02. The maximum atomic E-state index is 4.38. The van der Waals surface area contributed by atoms with E-state index in [1.165, 1.54) is 20.2 Å². The highest BCUT2D eigenvalue weighted by atomic mass is 79.9. The van der Waals surface area contributed by atoms with Crippen molar-refractivity contribution in [1.29, 1.82) is 0 Å². The summed E-state index contributed by atoms with van der Waals surface area (Å²) in [5, 5.41) is 2.60. The Labute approximate surface area is 105 Å². The zero-order valence-electron chi connectivity index (χ0n) is 7.70. The van der Waals surface area contributed by atoms with Crippen LogP contribution in [0.15, 0.2) is 45.8 Å². The molecule has 0 spiro atoms. The normalized spacial score (nSPS) is 11.3. The van der Waals surface area contributed by atoms with Crippen molar-refractivity contribution in [3.63, 3.8) is 0 Å². The molecule has 74 valence electrons. The van der Waals surface area contributed by atoms with Gasteiger partial charge in [-0.3, -0.25) is 0 Å². The molecule has 3 aromatic rings. The SMILES string of the molecule is Sc1ccc2sc3ccc(Br)cc3c2c1. The standard InChI is InChI=1S/C12H7BrS2/c13-7-1-3-11-9(5-7)10-6-8(14)2-4-12(10)15-11/h1-6,14H. The first-order valence-corrected chi connectivity index (χ1v) is 6.60. The molecule has 15 heavy (non-hydrogen) atoms. The second-order valence-corrected chi connectivity index (χ2v) is 5.94. The van der Waals surface area contributed by atoms with Crippen LogP contribution in [0.4, 0.5) is 0 Å². The number of rotatable bonds is 0. The summed E-state index contributed by atoms with van der Waals surface area (Å²) >= 11 is 9.71. The van der Waals surface area contributed by atoms with E-state index in [0.29, 0.717) is 0 Å². The summed E-state index contributed by atoms with van der Waals surface area (Å²) in [6, 6.07) is 12.7. The molecule has 3 rings (SSSR count). The van der Waals surface area contributed by atoms with Gasteiger partial charge in [0.2, 0.25) is 0 Å². The number of benzene rings is 2. The zero-order chi connectivity index (χ0) is 10.4. The third-order valence-corrected chi connectivity index (χ3v) is 4.34. The van der Waals surface area contributed by atoms with Crippen molar-refractivity contribution in [3.8, 4) is 0 Å². The Morgan fingerprint density at radius 3 is 2.40 bits per heavy atom. The Morgan fingerprint density at radius 2 is 1.60 bits per heavy atom. The summed E-state index contributed by atoms with van der Waals surface area (Å²) in [6.07, 6.45) is 0. The van der Waals surface area contributed by atoms with Crippen molar-refractivity contribution < 1.29 is 0 Å². The number of halogens is 1. The number of hydrogen-bond donors (Lipinski definition) is 1. The fraction of sp³-hybridized carbons (Fsp3) is 0. The number of thiol groups is 1. The molecule has 0 saturated carbocycles. The van der Waals surface area contributed by atoms with Crippen LogP contribution in [0, 0.1) is 0 Å². The van der Waals surface area contributed by atoms with E-state index in [4.69, 9.17) is 0 Å². The van der Waals surface area contributed by atoms with Crippen molar-refractivity contribution in [1.82, 2.24) is 0 Å². The van der Waals surface area contributed by atoms with E-state index in [2.05, 4.69) is 58.9 Å². The largest absolute Gasteiger partial charge is 0.143 e. The highest BCUT2D eigenvalue weighted by Gasteiger charge is 2.05. The fourth-order valence-electron chi connectivity index (χ4n) is 1.74. The quantitative estimate of drug-likeness (QED) is 0.548. The van der Waals surface area contributed by atoms with E-state index in [1.807, 2.05) is 17.4 Å². The van der Waals surface area contributed by atoms with Gasteiger partial charge in [-0.15, -0.1) is 24.0 Å². The molecule has 0 saturated heterocycles. The molecule has 0 aliphatic rings. The molecule has 0 aliphatic carbocycles. The van der Waals surface area contributed by atoms with Crippen molar-refractivity contribution in [2.24, 2.45) is 0 Å². The van der Waals surface area contributed by atoms with E-state index in [1.54, 1.807) is 0 Å². The van der Waals surface area contributed by atoms with Crippen LogP contribution in [0.2, 0.25) is 0 Å². The van der Waals surface area contributed by atoms with Crippen molar-refractivity contribution >= 4 is 60.1 Å². The van der Waals surface area contributed by atoms with Gasteiger partial charge < -0.3 is 0 Å². The molecule has 0 unspecified atom stereocenters. The van der Waals surface area contributed by atoms with Gasteiger partial charge >= 0.3 is 0 Å². The second kappa shape index (κ2) is 3.51. The maximum Gasteiger partial charge on any atom is 0.0356 e. The van der Waals surface area contributed by atoms with Crippen molar-refractivity contribution in [2.75, 3.05) is 0 Å². The Balaban J connectivity index is 2.55. The average Bonchev–Trinajstić information content (AvgIpc) is 2.56. The summed E-state index contributed by atoms with van der Waals surface area (Å²) in [5.41, 5.74) is 0. The van der Waals surface area contributed by atoms with E-state index in [-0.39, 0.29) is 0 Å². The highest BCUT2D eigenvalue weighted by Crippen LogP contribution is 2.36. The minimum atomic E-state index is 1.02. The minimum Gasteiger partial charge on any atom is -0.143 e. The topological polar surface area (TPSA) is 0 Å². The monoisotopic (exact) mass is 294 g/mol. The summed E-state index contributed by atoms with van der Waals surface area (Å²) < 4.78 is 3.77. The van der Waals surface area contributed by atoms with Crippen LogP contribution in [-0.2, 0) is 0 Å². The van der Waals surface area contributed by atoms with Gasteiger partial charge in [0, 0.05) is 29.5 Å². The van der Waals surface area contributed by atoms with Crippen LogP contribution in [0.25, 0.3) is 20.2 Å². The first kappa shape index (κ1) is 9.70. The minimum absolute atomic E-state index is 1.02. The Kier molecular flexibility index (Phi) is 2.27. The molecule has 0 radical (unpaired) electrons. The molecule has 2 aromatic carbocycles. The molecular weight excluding hydrogens is 288 g/mol. The lowest BCUT2D eigenvalue weighted by molar-refractivity contribution is 1.54. The van der Waals surface area contributed by atoms with E-state index < -0.39 is 0 Å². The smallest absolute Gasteiger partial charge is 0.0356 e. The van der Waals surface area contributed by atoms with Crippen molar-refractivity contribution in [2.45, 2.75) is 4.90 Å². The van der Waals surface area contributed by atoms with Crippen molar-refractivity contribution in [3.05, 3.63) is 40.9 Å². The average molecular weight is 295 g/mol. The number of fused-ring (bicyclic) bond motifs is 3. The van der Waals surface area contributed by atoms with E-state index in [9.17, 15) is 0 Å². The molecular formula is C12H7BrS2. The number of hydrogen-bond acceptors (Lipinski definition) is 2. The lowest BCUT2D eigenvalue weighted by Crippen LogP contribution is -1.68.